The van der Waals surface area contributed by atoms with E-state index in [0.29, 0.717) is 5.17 Å². The van der Waals surface area contributed by atoms with Crippen LogP contribution in [0.4, 0.5) is 4.79 Å². The maximum absolute atomic E-state index is 12.4. The molecule has 2 aromatic carbocycles. The van der Waals surface area contributed by atoms with Gasteiger partial charge in [0, 0.05) is 0 Å². The quantitative estimate of drug-likeness (QED) is 0.455. The molecule has 39 heavy (non-hydrogen) atoms. The molecule has 5 atom stereocenters. The van der Waals surface area contributed by atoms with Gasteiger partial charge in [0.2, 0.25) is 0 Å². The molecule has 0 radical (unpaired) electrons. The molecule has 11 heteroatoms. The Morgan fingerprint density at radius 3 is 1.97 bits per heavy atom. The van der Waals surface area contributed by atoms with Crippen LogP contribution in [0.3, 0.4) is 0 Å². The van der Waals surface area contributed by atoms with Crippen molar-refractivity contribution in [3.8, 4) is 11.5 Å². The summed E-state index contributed by atoms with van der Waals surface area (Å²) in [6.45, 7) is 5.81. The molecule has 4 rings (SSSR count). The fourth-order valence-electron chi connectivity index (χ4n) is 4.13. The van der Waals surface area contributed by atoms with E-state index in [1.165, 1.54) is 11.8 Å². The van der Waals surface area contributed by atoms with Gasteiger partial charge in [-0.05, 0) is 56.2 Å². The number of carbonyl (C=O) groups is 2. The molecule has 2 aliphatic heterocycles. The van der Waals surface area contributed by atoms with Crippen LogP contribution in [0.1, 0.15) is 31.9 Å². The van der Waals surface area contributed by atoms with Crippen molar-refractivity contribution >= 4 is 29.3 Å². The lowest BCUT2D eigenvalue weighted by Gasteiger charge is -2.40. The summed E-state index contributed by atoms with van der Waals surface area (Å²) in [5.74, 6) is 1.47. The number of carbonyl (C=O) groups excluding carboxylic acids is 2. The largest absolute Gasteiger partial charge is 0.497 e. The minimum Gasteiger partial charge on any atom is -0.497 e. The van der Waals surface area contributed by atoms with Gasteiger partial charge in [-0.1, -0.05) is 36.0 Å². The van der Waals surface area contributed by atoms with Crippen LogP contribution >= 0.6 is 11.8 Å². The van der Waals surface area contributed by atoms with E-state index in [1.807, 2.05) is 48.5 Å². The SMILES string of the molecule is COc1ccc(CO[C@@H]2[C@H]3N=C(NC(=O)OC(C)(C)C)S[C@H]3O[C@H](C=O)[C@H]2OCc2ccc(OC)cc2)cc1. The molecule has 210 valence electrons. The van der Waals surface area contributed by atoms with Crippen molar-refractivity contribution in [3.05, 3.63) is 59.7 Å². The second-order valence-corrected chi connectivity index (χ2v) is 11.1. The van der Waals surface area contributed by atoms with Gasteiger partial charge in [-0.2, -0.15) is 0 Å². The predicted molar refractivity (Wildman–Crippen MR) is 146 cm³/mol. The third kappa shape index (κ3) is 7.72. The first-order chi connectivity index (χ1) is 18.7. The molecular formula is C28H34N2O8S. The van der Waals surface area contributed by atoms with Crippen LogP contribution in [-0.4, -0.2) is 67.2 Å². The molecule has 1 fully saturated rings. The van der Waals surface area contributed by atoms with Crippen molar-refractivity contribution < 1.29 is 38.0 Å². The van der Waals surface area contributed by atoms with E-state index in [-0.39, 0.29) is 13.2 Å². The Bertz CT molecular complexity index is 1150. The predicted octanol–water partition coefficient (Wildman–Crippen LogP) is 4.09. The number of hydrogen-bond acceptors (Lipinski definition) is 10. The van der Waals surface area contributed by atoms with E-state index in [1.54, 1.807) is 35.0 Å². The topological polar surface area (TPSA) is 114 Å². The zero-order valence-electron chi connectivity index (χ0n) is 22.6. The Morgan fingerprint density at radius 1 is 0.949 bits per heavy atom. The number of aldehydes is 1. The highest BCUT2D eigenvalue weighted by atomic mass is 32.2. The van der Waals surface area contributed by atoms with E-state index in [2.05, 4.69) is 10.3 Å². The van der Waals surface area contributed by atoms with Gasteiger partial charge >= 0.3 is 6.09 Å². The summed E-state index contributed by atoms with van der Waals surface area (Å²) in [6.07, 6.45) is -2.17. The number of hydrogen-bond donors (Lipinski definition) is 1. The van der Waals surface area contributed by atoms with Crippen LogP contribution in [0.2, 0.25) is 0 Å². The number of aliphatic imine (C=N–C) groups is 1. The first-order valence-corrected chi connectivity index (χ1v) is 13.4. The van der Waals surface area contributed by atoms with Gasteiger partial charge in [-0.15, -0.1) is 0 Å². The molecule has 2 aliphatic rings. The fourth-order valence-corrected chi connectivity index (χ4v) is 5.21. The van der Waals surface area contributed by atoms with E-state index in [0.717, 1.165) is 28.9 Å². The van der Waals surface area contributed by atoms with Gasteiger partial charge in [0.1, 0.15) is 46.9 Å². The number of thioether (sulfide) groups is 1. The number of methoxy groups -OCH3 is 2. The number of fused-ring (bicyclic) bond motifs is 1. The maximum Gasteiger partial charge on any atom is 0.413 e. The third-order valence-electron chi connectivity index (χ3n) is 5.99. The molecule has 1 saturated heterocycles. The lowest BCUT2D eigenvalue weighted by molar-refractivity contribution is -0.193. The second kappa shape index (κ2) is 12.8. The molecule has 1 amide bonds. The molecule has 0 spiro atoms. The van der Waals surface area contributed by atoms with Crippen LogP contribution in [0.5, 0.6) is 11.5 Å². The summed E-state index contributed by atoms with van der Waals surface area (Å²) in [7, 11) is 3.21. The zero-order chi connectivity index (χ0) is 28.0. The maximum atomic E-state index is 12.4. The Balaban J connectivity index is 1.54. The molecule has 0 aliphatic carbocycles. The van der Waals surface area contributed by atoms with Gasteiger partial charge in [-0.25, -0.2) is 4.79 Å². The van der Waals surface area contributed by atoms with E-state index >= 15 is 0 Å². The number of nitrogens with zero attached hydrogens (tertiary/aromatic N) is 1. The molecule has 0 aromatic heterocycles. The Kier molecular flexibility index (Phi) is 9.49. The van der Waals surface area contributed by atoms with Gasteiger partial charge in [0.25, 0.3) is 0 Å². The third-order valence-corrected chi connectivity index (χ3v) is 7.05. The van der Waals surface area contributed by atoms with Gasteiger partial charge in [0.05, 0.1) is 27.4 Å². The highest BCUT2D eigenvalue weighted by Gasteiger charge is 2.51. The fraction of sp³-hybridized carbons (Fsp3) is 0.464. The summed E-state index contributed by atoms with van der Waals surface area (Å²) in [6, 6.07) is 14.4. The zero-order valence-corrected chi connectivity index (χ0v) is 23.4. The average molecular weight is 559 g/mol. The van der Waals surface area contributed by atoms with Crippen LogP contribution in [0, 0.1) is 0 Å². The summed E-state index contributed by atoms with van der Waals surface area (Å²) in [5, 5.41) is 3.01. The monoisotopic (exact) mass is 558 g/mol. The highest BCUT2D eigenvalue weighted by molar-refractivity contribution is 8.14. The highest BCUT2D eigenvalue weighted by Crippen LogP contribution is 2.38. The molecule has 1 N–H and O–H groups in total. The van der Waals surface area contributed by atoms with Crippen molar-refractivity contribution in [1.29, 1.82) is 0 Å². The van der Waals surface area contributed by atoms with Crippen LogP contribution < -0.4 is 14.8 Å². The van der Waals surface area contributed by atoms with Crippen LogP contribution in [0.25, 0.3) is 0 Å². The second-order valence-electron chi connectivity index (χ2n) is 10.0. The molecule has 2 aromatic rings. The Labute approximate surface area is 232 Å². The van der Waals surface area contributed by atoms with Crippen molar-refractivity contribution in [2.45, 2.75) is 69.4 Å². The van der Waals surface area contributed by atoms with Crippen molar-refractivity contribution in [2.24, 2.45) is 4.99 Å². The summed E-state index contributed by atoms with van der Waals surface area (Å²) in [4.78, 5) is 29.2. The molecule has 2 heterocycles. The minimum atomic E-state index is -0.894. The molecule has 0 saturated carbocycles. The normalized spacial score (nSPS) is 24.3. The number of benzene rings is 2. The Morgan fingerprint density at radius 2 is 1.49 bits per heavy atom. The lowest BCUT2D eigenvalue weighted by atomic mass is 9.98. The Hall–Kier alpha value is -3.12. The average Bonchev–Trinajstić information content (AvgIpc) is 3.31. The number of nitrogens with one attached hydrogen (secondary N) is 1. The number of rotatable bonds is 9. The lowest BCUT2D eigenvalue weighted by Crippen LogP contribution is -2.57. The first-order valence-electron chi connectivity index (χ1n) is 12.5. The number of amidine groups is 1. The van der Waals surface area contributed by atoms with E-state index < -0.39 is 41.5 Å². The standard InChI is InChI=1S/C28H34N2O8S/c1-28(2,3)38-27(32)30-26-29-22-24(36-16-18-8-12-20(34-5)13-9-18)23(21(14-31)37-25(22)39-26)35-15-17-6-10-19(33-4)11-7-17/h6-14,21-25H,15-16H2,1-5H3,(H,29,30,32)/t21-,22-,23-,24-,25-/m1/s1. The van der Waals surface area contributed by atoms with Crippen molar-refractivity contribution in [2.75, 3.05) is 14.2 Å². The molecule has 0 bridgehead atoms. The molecule has 0 unspecified atom stereocenters. The summed E-state index contributed by atoms with van der Waals surface area (Å²) in [5.41, 5.74) is 0.599. The van der Waals surface area contributed by atoms with E-state index in [4.69, 9.17) is 28.4 Å². The number of amides is 1. The smallest absolute Gasteiger partial charge is 0.413 e. The summed E-state index contributed by atoms with van der Waals surface area (Å²) < 4.78 is 34.5. The first kappa shape index (κ1) is 28.9. The van der Waals surface area contributed by atoms with Gasteiger partial charge in [-0.3, -0.25) is 10.3 Å². The van der Waals surface area contributed by atoms with Gasteiger partial charge < -0.3 is 33.2 Å². The molecule has 10 nitrogen and oxygen atoms in total. The minimum absolute atomic E-state index is 0.224. The van der Waals surface area contributed by atoms with E-state index in [9.17, 15) is 9.59 Å². The van der Waals surface area contributed by atoms with Crippen LogP contribution in [0.15, 0.2) is 53.5 Å². The van der Waals surface area contributed by atoms with Crippen molar-refractivity contribution in [1.82, 2.24) is 5.32 Å². The number of alkyl carbamates (subject to hydrolysis) is 1. The van der Waals surface area contributed by atoms with Crippen LogP contribution in [-0.2, 0) is 37.0 Å². The summed E-state index contributed by atoms with van der Waals surface area (Å²) >= 11 is 1.21. The number of ether oxygens (including phenoxy) is 6. The molecular weight excluding hydrogens is 524 g/mol. The van der Waals surface area contributed by atoms with Crippen molar-refractivity contribution in [3.63, 3.8) is 0 Å². The van der Waals surface area contributed by atoms with Gasteiger partial charge in [0.15, 0.2) is 11.5 Å².